The number of pyridine rings is 2. The highest BCUT2D eigenvalue weighted by Gasteiger charge is 2.44. The predicted molar refractivity (Wildman–Crippen MR) is 208 cm³/mol. The molecule has 2 unspecified atom stereocenters. The number of rotatable bonds is 15. The first-order valence-corrected chi connectivity index (χ1v) is 19.7. The van der Waals surface area contributed by atoms with E-state index in [1.165, 1.54) is 24.0 Å². The van der Waals surface area contributed by atoms with E-state index in [1.54, 1.807) is 6.20 Å². The monoisotopic (exact) mass is 724 g/mol. The largest absolute Gasteiger partial charge is 0.475 e. The molecule has 1 saturated carbocycles. The van der Waals surface area contributed by atoms with Crippen LogP contribution in [0.25, 0.3) is 23.0 Å². The summed E-state index contributed by atoms with van der Waals surface area (Å²) < 4.78 is 12.5. The molecule has 11 nitrogen and oxygen atoms in total. The van der Waals surface area contributed by atoms with Crippen molar-refractivity contribution in [1.29, 1.82) is 0 Å². The van der Waals surface area contributed by atoms with Gasteiger partial charge in [-0.3, -0.25) is 4.98 Å². The highest BCUT2D eigenvalue weighted by Crippen LogP contribution is 2.41. The molecule has 1 aliphatic heterocycles. The number of aliphatic hydroxyl groups is 1. The first-order valence-electron chi connectivity index (χ1n) is 19.7. The first-order chi connectivity index (χ1) is 26.6. The third-order valence-electron chi connectivity index (χ3n) is 11.3. The fraction of sp³-hybridized carbons (Fsp3) is 0.442. The Morgan fingerprint density at radius 3 is 2.39 bits per heavy atom. The zero-order valence-electron chi connectivity index (χ0n) is 30.8. The van der Waals surface area contributed by atoms with Gasteiger partial charge in [-0.1, -0.05) is 42.5 Å². The molecule has 0 amide bonds. The van der Waals surface area contributed by atoms with Crippen LogP contribution in [-0.4, -0.2) is 79.6 Å². The Hall–Kier alpha value is -5.00. The summed E-state index contributed by atoms with van der Waals surface area (Å²) in [5, 5.41) is 14.0. The van der Waals surface area contributed by atoms with Crippen LogP contribution < -0.4 is 15.0 Å². The minimum atomic E-state index is -0.613. The molecule has 0 radical (unpaired) electrons. The Morgan fingerprint density at radius 2 is 1.57 bits per heavy atom. The number of nitrogens with zero attached hydrogens (tertiary/aromatic N) is 7. The van der Waals surface area contributed by atoms with E-state index in [-0.39, 0.29) is 5.54 Å². The molecule has 3 aliphatic carbocycles. The second kappa shape index (κ2) is 15.4. The second-order valence-corrected chi connectivity index (χ2v) is 15.3. The van der Waals surface area contributed by atoms with Crippen molar-refractivity contribution in [3.8, 4) is 28.9 Å². The van der Waals surface area contributed by atoms with E-state index >= 15 is 0 Å². The van der Waals surface area contributed by atoms with E-state index in [4.69, 9.17) is 34.4 Å². The number of nitrogens with one attached hydrogen (secondary N) is 1. The van der Waals surface area contributed by atoms with E-state index in [9.17, 15) is 5.11 Å². The number of aromatic nitrogens is 6. The maximum atomic E-state index is 10.6. The molecule has 0 bridgehead atoms. The van der Waals surface area contributed by atoms with Gasteiger partial charge in [-0.15, -0.1) is 0 Å². The molecule has 278 valence electrons. The highest BCUT2D eigenvalue weighted by atomic mass is 16.5. The minimum Gasteiger partial charge on any atom is -0.475 e. The van der Waals surface area contributed by atoms with Crippen LogP contribution in [0.15, 0.2) is 72.9 Å². The topological polar surface area (TPSA) is 131 Å². The number of benzene rings is 1. The molecule has 11 heteroatoms. The lowest BCUT2D eigenvalue weighted by Crippen LogP contribution is -2.51. The summed E-state index contributed by atoms with van der Waals surface area (Å²) in [4.78, 5) is 32.3. The zero-order valence-corrected chi connectivity index (χ0v) is 30.8. The van der Waals surface area contributed by atoms with Crippen molar-refractivity contribution in [1.82, 2.24) is 29.9 Å². The summed E-state index contributed by atoms with van der Waals surface area (Å²) in [7, 11) is 0. The van der Waals surface area contributed by atoms with Crippen molar-refractivity contribution >= 4 is 11.6 Å². The van der Waals surface area contributed by atoms with Gasteiger partial charge in [-0.25, -0.2) is 24.9 Å². The second-order valence-electron chi connectivity index (χ2n) is 15.3. The summed E-state index contributed by atoms with van der Waals surface area (Å²) in [6, 6.07) is 22.4. The smallest absolute Gasteiger partial charge is 0.213 e. The van der Waals surface area contributed by atoms with Gasteiger partial charge in [0.05, 0.1) is 18.2 Å². The molecule has 2 N–H and O–H groups in total. The van der Waals surface area contributed by atoms with Crippen LogP contribution in [0.3, 0.4) is 0 Å². The summed E-state index contributed by atoms with van der Waals surface area (Å²) >= 11 is 0. The maximum Gasteiger partial charge on any atom is 0.213 e. The SMILES string of the molecule is OC(CNc1nc(-c2cccc(OCC3(Cc4ccccc4)CCCN3c3nc(-c4ccccn4)nc4c3CCC4)n2)nc2c1CCC2)COCC1CC1. The van der Waals surface area contributed by atoms with Gasteiger partial charge in [0.2, 0.25) is 5.88 Å². The molecule has 4 aromatic heterocycles. The molecule has 9 rings (SSSR count). The molecule has 1 saturated heterocycles. The van der Waals surface area contributed by atoms with Crippen LogP contribution in [-0.2, 0) is 36.8 Å². The Kier molecular flexibility index (Phi) is 9.90. The lowest BCUT2D eigenvalue weighted by atomic mass is 9.88. The van der Waals surface area contributed by atoms with E-state index in [0.29, 0.717) is 48.9 Å². The lowest BCUT2D eigenvalue weighted by Gasteiger charge is -2.40. The number of hydrogen-bond donors (Lipinski definition) is 2. The van der Waals surface area contributed by atoms with Crippen LogP contribution in [0, 0.1) is 5.92 Å². The molecule has 1 aromatic carbocycles. The fourth-order valence-electron chi connectivity index (χ4n) is 8.33. The molecule has 5 aromatic rings. The average molecular weight is 725 g/mol. The van der Waals surface area contributed by atoms with Gasteiger partial charge in [0.15, 0.2) is 11.6 Å². The van der Waals surface area contributed by atoms with Crippen molar-refractivity contribution in [3.05, 3.63) is 101 Å². The van der Waals surface area contributed by atoms with Crippen molar-refractivity contribution < 1.29 is 14.6 Å². The quantitative estimate of drug-likeness (QED) is 0.127. The van der Waals surface area contributed by atoms with Crippen LogP contribution in [0.5, 0.6) is 5.88 Å². The number of aliphatic hydroxyl groups excluding tert-OH is 1. The van der Waals surface area contributed by atoms with Crippen LogP contribution in [0.4, 0.5) is 11.6 Å². The zero-order chi connectivity index (χ0) is 36.3. The Morgan fingerprint density at radius 1 is 0.796 bits per heavy atom. The lowest BCUT2D eigenvalue weighted by molar-refractivity contribution is 0.0385. The summed E-state index contributed by atoms with van der Waals surface area (Å²) in [6.07, 6.45) is 12.3. The van der Waals surface area contributed by atoms with E-state index in [0.717, 1.165) is 105 Å². The predicted octanol–water partition coefficient (Wildman–Crippen LogP) is 6.23. The summed E-state index contributed by atoms with van der Waals surface area (Å²) in [5.74, 6) is 4.23. The van der Waals surface area contributed by atoms with Gasteiger partial charge in [-0.05, 0) is 100 Å². The van der Waals surface area contributed by atoms with Gasteiger partial charge in [-0.2, -0.15) is 0 Å². The molecular formula is C43H48N8O3. The molecule has 4 aliphatic rings. The molecule has 2 fully saturated rings. The van der Waals surface area contributed by atoms with Gasteiger partial charge >= 0.3 is 0 Å². The third kappa shape index (κ3) is 7.52. The van der Waals surface area contributed by atoms with Crippen LogP contribution in [0.2, 0.25) is 0 Å². The van der Waals surface area contributed by atoms with E-state index in [1.807, 2.05) is 36.4 Å². The first kappa shape index (κ1) is 34.7. The number of aryl methyl sites for hydroxylation is 2. The van der Waals surface area contributed by atoms with Crippen LogP contribution >= 0.6 is 0 Å². The number of ether oxygens (including phenoxy) is 2. The number of anilines is 2. The Bertz CT molecular complexity index is 2080. The molecule has 54 heavy (non-hydrogen) atoms. The van der Waals surface area contributed by atoms with Crippen LogP contribution in [0.1, 0.15) is 66.6 Å². The van der Waals surface area contributed by atoms with Gasteiger partial charge in [0.25, 0.3) is 0 Å². The highest BCUT2D eigenvalue weighted by molar-refractivity contribution is 5.61. The molecular weight excluding hydrogens is 677 g/mol. The van der Waals surface area contributed by atoms with E-state index < -0.39 is 6.10 Å². The average Bonchev–Trinajstić information content (AvgIpc) is 3.53. The molecule has 5 heterocycles. The van der Waals surface area contributed by atoms with Gasteiger partial charge in [0.1, 0.15) is 29.6 Å². The Labute approximate surface area is 316 Å². The normalized spacial score (nSPS) is 19.5. The standard InChI is InChI=1S/C43H48N8O3/c52-31(27-53-26-30-19-20-30)25-45-39-32-12-6-15-34(32)47-41(49-39)37-17-8-18-38(46-37)54-28-43(24-29-10-2-1-3-11-29)21-9-23-51(43)42-33-13-7-16-35(33)48-40(50-42)36-14-4-5-22-44-36/h1-5,8,10-11,14,17-18,22,30-31,52H,6-7,9,12-13,15-16,19-21,23-28H2,(H,45,47,49). The summed E-state index contributed by atoms with van der Waals surface area (Å²) in [5.41, 5.74) is 6.92. The van der Waals surface area contributed by atoms with Crippen molar-refractivity contribution in [2.75, 3.05) is 43.1 Å². The van der Waals surface area contributed by atoms with Gasteiger partial charge in [0, 0.05) is 54.5 Å². The van der Waals surface area contributed by atoms with Crippen molar-refractivity contribution in [3.63, 3.8) is 0 Å². The van der Waals surface area contributed by atoms with Crippen molar-refractivity contribution in [2.24, 2.45) is 5.92 Å². The van der Waals surface area contributed by atoms with Crippen molar-refractivity contribution in [2.45, 2.75) is 82.3 Å². The minimum absolute atomic E-state index is 0.318. The maximum absolute atomic E-state index is 10.6. The summed E-state index contributed by atoms with van der Waals surface area (Å²) in [6.45, 7) is 2.74. The number of hydrogen-bond acceptors (Lipinski definition) is 11. The third-order valence-corrected chi connectivity index (χ3v) is 11.3. The number of fused-ring (bicyclic) bond motifs is 2. The fourth-order valence-corrected chi connectivity index (χ4v) is 8.33. The van der Waals surface area contributed by atoms with Gasteiger partial charge < -0.3 is 24.8 Å². The molecule has 0 spiro atoms. The van der Waals surface area contributed by atoms with E-state index in [2.05, 4.69) is 45.5 Å². The Balaban J connectivity index is 0.986. The molecule has 2 atom stereocenters.